The lowest BCUT2D eigenvalue weighted by molar-refractivity contribution is -0.123. The second-order valence-corrected chi connectivity index (χ2v) is 23.2. The topological polar surface area (TPSA) is 69.6 Å². The monoisotopic (exact) mass is 1080 g/mol. The molecule has 0 bridgehead atoms. The summed E-state index contributed by atoms with van der Waals surface area (Å²) in [6, 6.07) is -0.649. The van der Waals surface area contributed by atoms with Crippen LogP contribution in [0.5, 0.6) is 0 Å². The first-order valence-corrected chi connectivity index (χ1v) is 34.5. The summed E-state index contributed by atoms with van der Waals surface area (Å²) in [7, 11) is 0. The van der Waals surface area contributed by atoms with Crippen molar-refractivity contribution in [3.63, 3.8) is 0 Å². The van der Waals surface area contributed by atoms with E-state index in [0.29, 0.717) is 6.42 Å². The fourth-order valence-electron chi connectivity index (χ4n) is 10.4. The van der Waals surface area contributed by atoms with Crippen molar-refractivity contribution in [2.45, 2.75) is 360 Å². The molecule has 3 N–H and O–H groups in total. The van der Waals surface area contributed by atoms with Gasteiger partial charge in [-0.05, 0) is 89.9 Å². The second kappa shape index (κ2) is 68.6. The Bertz CT molecular complexity index is 1420. The third-order valence-electron chi connectivity index (χ3n) is 15.5. The molecule has 0 saturated carbocycles. The molecular weight excluding hydrogens is 951 g/mol. The van der Waals surface area contributed by atoms with Gasteiger partial charge in [-0.25, -0.2) is 0 Å². The predicted octanol–water partition coefficient (Wildman–Crippen LogP) is 23.6. The molecule has 0 aromatic heterocycles. The van der Waals surface area contributed by atoms with Crippen molar-refractivity contribution in [1.29, 1.82) is 0 Å². The summed E-state index contributed by atoms with van der Waals surface area (Å²) in [6.07, 6.45) is 102. The number of carbonyl (C=O) groups excluding carboxylic acids is 1. The molecule has 0 aromatic rings. The van der Waals surface area contributed by atoms with Gasteiger partial charge in [0.2, 0.25) is 5.91 Å². The summed E-state index contributed by atoms with van der Waals surface area (Å²) in [6.45, 7) is 4.21. The quantitative estimate of drug-likeness (QED) is 0.0420. The van der Waals surface area contributed by atoms with Crippen molar-refractivity contribution >= 4 is 5.91 Å². The maximum Gasteiger partial charge on any atom is 0.220 e. The van der Waals surface area contributed by atoms with Gasteiger partial charge in [-0.2, -0.15) is 0 Å². The molecule has 0 aliphatic rings. The fourth-order valence-corrected chi connectivity index (χ4v) is 10.4. The van der Waals surface area contributed by atoms with Crippen molar-refractivity contribution in [3.05, 3.63) is 97.2 Å². The molecule has 4 nitrogen and oxygen atoms in total. The van der Waals surface area contributed by atoms with Gasteiger partial charge in [0.05, 0.1) is 18.8 Å². The third kappa shape index (κ3) is 64.1. The van der Waals surface area contributed by atoms with Gasteiger partial charge >= 0.3 is 0 Å². The minimum absolute atomic E-state index is 0.0735. The third-order valence-corrected chi connectivity index (χ3v) is 15.5. The highest BCUT2D eigenvalue weighted by Crippen LogP contribution is 2.18. The van der Waals surface area contributed by atoms with Crippen molar-refractivity contribution < 1.29 is 15.0 Å². The Kier molecular flexibility index (Phi) is 66.2. The van der Waals surface area contributed by atoms with Crippen LogP contribution in [0.2, 0.25) is 0 Å². The molecule has 2 unspecified atom stereocenters. The summed E-state index contributed by atoms with van der Waals surface area (Å²) in [4.78, 5) is 12.5. The summed E-state index contributed by atoms with van der Waals surface area (Å²) < 4.78 is 0. The van der Waals surface area contributed by atoms with Gasteiger partial charge in [-0.15, -0.1) is 0 Å². The first-order chi connectivity index (χ1) is 38.7. The van der Waals surface area contributed by atoms with Crippen LogP contribution in [-0.4, -0.2) is 34.9 Å². The van der Waals surface area contributed by atoms with Crippen molar-refractivity contribution in [1.82, 2.24) is 5.32 Å². The van der Waals surface area contributed by atoms with E-state index in [0.717, 1.165) is 70.6 Å². The zero-order chi connectivity index (χ0) is 56.2. The predicted molar refractivity (Wildman–Crippen MR) is 350 cm³/mol. The lowest BCUT2D eigenvalue weighted by atomic mass is 10.0. The van der Waals surface area contributed by atoms with Crippen molar-refractivity contribution in [2.24, 2.45) is 0 Å². The fraction of sp³-hybridized carbons (Fsp3) is 0.770. The molecule has 0 rings (SSSR count). The number of amides is 1. The molecule has 0 fully saturated rings. The number of unbranched alkanes of at least 4 members (excludes halogenated alkanes) is 42. The highest BCUT2D eigenvalue weighted by atomic mass is 16.3. The summed E-state index contributed by atoms with van der Waals surface area (Å²) in [5, 5.41) is 23.2. The minimum Gasteiger partial charge on any atom is -0.394 e. The van der Waals surface area contributed by atoms with E-state index in [4.69, 9.17) is 0 Å². The number of aliphatic hydroxyl groups is 2. The zero-order valence-electron chi connectivity index (χ0n) is 52.2. The van der Waals surface area contributed by atoms with Crippen LogP contribution in [0.15, 0.2) is 97.2 Å². The summed E-state index contributed by atoms with van der Waals surface area (Å²) in [5.41, 5.74) is 0. The smallest absolute Gasteiger partial charge is 0.220 e. The molecule has 2 atom stereocenters. The molecule has 0 aliphatic carbocycles. The first kappa shape index (κ1) is 75.3. The molecule has 0 heterocycles. The van der Waals surface area contributed by atoms with E-state index < -0.39 is 12.1 Å². The molecule has 0 radical (unpaired) electrons. The van der Waals surface area contributed by atoms with Crippen molar-refractivity contribution in [2.75, 3.05) is 6.61 Å². The second-order valence-electron chi connectivity index (χ2n) is 23.2. The Hall–Kier alpha value is -2.69. The van der Waals surface area contributed by atoms with Crippen LogP contribution >= 0.6 is 0 Å². The van der Waals surface area contributed by atoms with E-state index in [1.165, 1.54) is 257 Å². The molecule has 0 saturated heterocycles. The molecule has 0 aromatic carbocycles. The van der Waals surface area contributed by atoms with E-state index in [2.05, 4.69) is 104 Å². The Morgan fingerprint density at radius 2 is 0.577 bits per heavy atom. The van der Waals surface area contributed by atoms with Crippen LogP contribution in [0.25, 0.3) is 0 Å². The van der Waals surface area contributed by atoms with Crippen LogP contribution < -0.4 is 5.32 Å². The molecule has 452 valence electrons. The highest BCUT2D eigenvalue weighted by molar-refractivity contribution is 5.76. The van der Waals surface area contributed by atoms with Crippen LogP contribution in [0, 0.1) is 0 Å². The van der Waals surface area contributed by atoms with Gasteiger partial charge in [-0.3, -0.25) is 4.79 Å². The van der Waals surface area contributed by atoms with E-state index in [-0.39, 0.29) is 12.5 Å². The van der Waals surface area contributed by atoms with E-state index in [1.54, 1.807) is 6.08 Å². The van der Waals surface area contributed by atoms with Crippen LogP contribution in [0.4, 0.5) is 0 Å². The average molecular weight is 1080 g/mol. The molecule has 0 aliphatic heterocycles. The Morgan fingerprint density at radius 3 is 0.897 bits per heavy atom. The van der Waals surface area contributed by atoms with E-state index in [9.17, 15) is 15.0 Å². The molecule has 1 amide bonds. The van der Waals surface area contributed by atoms with Gasteiger partial charge < -0.3 is 15.5 Å². The highest BCUT2D eigenvalue weighted by Gasteiger charge is 2.18. The summed E-state index contributed by atoms with van der Waals surface area (Å²) in [5.74, 6) is -0.0735. The number of carbonyl (C=O) groups is 1. The normalized spacial score (nSPS) is 13.3. The number of hydrogen-bond acceptors (Lipinski definition) is 3. The minimum atomic E-state index is -0.874. The van der Waals surface area contributed by atoms with Crippen LogP contribution in [0.3, 0.4) is 0 Å². The lowest BCUT2D eigenvalue weighted by Gasteiger charge is -2.19. The van der Waals surface area contributed by atoms with Crippen molar-refractivity contribution in [3.8, 4) is 0 Å². The van der Waals surface area contributed by atoms with Gasteiger partial charge in [0, 0.05) is 6.42 Å². The number of rotatable bonds is 63. The molecular formula is C74H133NO3. The number of aliphatic hydroxyl groups excluding tert-OH is 2. The zero-order valence-corrected chi connectivity index (χ0v) is 52.2. The lowest BCUT2D eigenvalue weighted by Crippen LogP contribution is -2.45. The van der Waals surface area contributed by atoms with Gasteiger partial charge in [0.25, 0.3) is 0 Å². The van der Waals surface area contributed by atoms with E-state index in [1.807, 2.05) is 6.08 Å². The maximum absolute atomic E-state index is 12.5. The van der Waals surface area contributed by atoms with E-state index >= 15 is 0 Å². The molecule has 78 heavy (non-hydrogen) atoms. The number of nitrogens with one attached hydrogen (secondary N) is 1. The maximum atomic E-state index is 12.5. The standard InChI is InChI=1S/C74H133NO3/c1-3-5-7-9-11-13-15-17-19-21-23-25-27-29-30-31-32-33-34-35-36-37-38-39-40-41-42-43-44-46-48-50-52-54-56-58-60-62-64-66-68-70-74(78)75-72(71-76)73(77)69-67-65-63-61-59-57-55-53-51-49-47-45-28-26-24-22-20-18-16-14-12-10-8-6-4-2/h5,7,11,13,17,19,23,25,29-30,51,53,59,61,67,69,72-73,76-77H,3-4,6,8-10,12,14-16,18,20-22,24,26-28,31-50,52,54-58,60,62-66,68,70-71H2,1-2H3,(H,75,78)/b7-5-,13-11-,19-17-,25-23-,30-29-,53-51+,61-59+,69-67+. The van der Waals surface area contributed by atoms with Gasteiger partial charge in [0.15, 0.2) is 0 Å². The Morgan fingerprint density at radius 1 is 0.321 bits per heavy atom. The number of allylic oxidation sites excluding steroid dienone is 15. The SMILES string of the molecule is CC/C=C\C/C=C\C/C=C\C/C=C\C/C=C\CCCCCCCCCCCCCCCCCCCCCCCCCCCC(=O)NC(CO)C(O)/C=C/CC/C=C/CC/C=C/CCCCCCCCCCCCCCCCC. The Balaban J connectivity index is 3.47. The average Bonchev–Trinajstić information content (AvgIpc) is 3.44. The van der Waals surface area contributed by atoms with Crippen LogP contribution in [-0.2, 0) is 4.79 Å². The first-order valence-electron chi connectivity index (χ1n) is 34.5. The molecule has 4 heteroatoms. The van der Waals surface area contributed by atoms with Crippen LogP contribution in [0.1, 0.15) is 348 Å². The Labute approximate surface area is 487 Å². The van der Waals surface area contributed by atoms with Gasteiger partial charge in [0.1, 0.15) is 0 Å². The number of hydrogen-bond donors (Lipinski definition) is 3. The summed E-state index contributed by atoms with van der Waals surface area (Å²) >= 11 is 0. The largest absolute Gasteiger partial charge is 0.394 e. The molecule has 0 spiro atoms. The van der Waals surface area contributed by atoms with Gasteiger partial charge in [-0.1, -0.05) is 349 Å².